The first kappa shape index (κ1) is 66.0. The van der Waals surface area contributed by atoms with Crippen LogP contribution in [0.5, 0.6) is 11.5 Å². The number of amides is 1. The van der Waals surface area contributed by atoms with Gasteiger partial charge in [0.15, 0.2) is 11.1 Å². The van der Waals surface area contributed by atoms with Gasteiger partial charge in [-0.2, -0.15) is 40.6 Å². The molecule has 0 saturated carbocycles. The number of H-pyrrole nitrogens is 2. The predicted octanol–water partition coefficient (Wildman–Crippen LogP) is 6.20. The van der Waals surface area contributed by atoms with Crippen molar-refractivity contribution in [1.29, 1.82) is 0 Å². The highest BCUT2D eigenvalue weighted by molar-refractivity contribution is 7.79. The number of hydrogen-bond acceptors (Lipinski definition) is 18. The van der Waals surface area contributed by atoms with E-state index in [1.807, 2.05) is 69.9 Å². The van der Waals surface area contributed by atoms with Crippen molar-refractivity contribution in [2.45, 2.75) is 96.9 Å². The number of methoxy groups -OCH3 is 2. The van der Waals surface area contributed by atoms with E-state index in [1.165, 1.54) is 18.2 Å². The van der Waals surface area contributed by atoms with Gasteiger partial charge in [-0.15, -0.1) is 0 Å². The molecular weight excluding hydrogens is 913 g/mol. The smallest absolute Gasteiger partial charge is 0.222 e. The van der Waals surface area contributed by atoms with E-state index in [0.717, 1.165) is 131 Å². The molecule has 0 radical (unpaired) electrons. The summed E-state index contributed by atoms with van der Waals surface area (Å²) in [5.41, 5.74) is 9.25. The molecule has 2 fully saturated rings. The fourth-order valence-corrected chi connectivity index (χ4v) is 6.57. The van der Waals surface area contributed by atoms with Crippen LogP contribution in [0.3, 0.4) is 0 Å². The van der Waals surface area contributed by atoms with E-state index < -0.39 is 11.1 Å². The number of para-hydroxylation sites is 4. The quantitative estimate of drug-likeness (QED) is 0.0786. The van der Waals surface area contributed by atoms with Crippen molar-refractivity contribution in [2.24, 2.45) is 15.2 Å². The van der Waals surface area contributed by atoms with Crippen molar-refractivity contribution >= 4 is 46.8 Å². The van der Waals surface area contributed by atoms with Gasteiger partial charge in [-0.1, -0.05) is 74.2 Å². The van der Waals surface area contributed by atoms with Gasteiger partial charge in [-0.05, 0) is 64.9 Å². The molecule has 70 heavy (non-hydrogen) atoms. The third-order valence-corrected chi connectivity index (χ3v) is 10.3. The van der Waals surface area contributed by atoms with Crippen LogP contribution in [0.25, 0.3) is 0 Å². The minimum Gasteiger partial charge on any atom is -0.495 e. The molecule has 1 amide bonds. The second kappa shape index (κ2) is 39.7. The van der Waals surface area contributed by atoms with Crippen LogP contribution in [0.2, 0.25) is 0 Å². The first-order valence-corrected chi connectivity index (χ1v) is 24.2. The number of carbonyl (C=O) groups excluding carboxylic acids is 1. The Hall–Kier alpha value is -6.13. The molecular formula is C48H88N16O5S. The fourth-order valence-electron chi connectivity index (χ4n) is 6.42. The lowest BCUT2D eigenvalue weighted by molar-refractivity contribution is -0.131. The van der Waals surface area contributed by atoms with Gasteiger partial charge in [0.05, 0.1) is 43.5 Å². The Morgan fingerprint density at radius 1 is 0.786 bits per heavy atom. The SMILES string of the molecule is C.C.C.C/C=N/NOS(C)=O.CC=NNC1=NCCN1.CCC(=O)N1CCN(c2ccccc2OC)CC1.CCN1CCN(c2ccccc2OC)CC1.CCc1n[nH]c(C)n1.CCc1n[nH]nc1C. The summed E-state index contributed by atoms with van der Waals surface area (Å²) in [7, 11) is 3.43. The molecule has 396 valence electrons. The maximum atomic E-state index is 11.6. The van der Waals surface area contributed by atoms with E-state index >= 15 is 0 Å². The molecule has 22 heteroatoms. The molecule has 2 saturated heterocycles. The number of guanidine groups is 1. The number of nitrogens with one attached hydrogen (secondary N) is 5. The zero-order chi connectivity index (χ0) is 49.2. The highest BCUT2D eigenvalue weighted by atomic mass is 32.2. The van der Waals surface area contributed by atoms with Crippen molar-refractivity contribution in [3.8, 4) is 11.5 Å². The van der Waals surface area contributed by atoms with Crippen LogP contribution in [-0.2, 0) is 33.0 Å². The van der Waals surface area contributed by atoms with Gasteiger partial charge < -0.3 is 34.4 Å². The van der Waals surface area contributed by atoms with Gasteiger partial charge in [-0.25, -0.2) is 19.6 Å². The molecule has 1 unspecified atom stereocenters. The molecule has 3 aliphatic rings. The Morgan fingerprint density at radius 3 is 1.71 bits per heavy atom. The minimum atomic E-state index is -1.29. The number of benzene rings is 2. The number of aromatic amines is 2. The van der Waals surface area contributed by atoms with Crippen LogP contribution in [0.4, 0.5) is 11.4 Å². The summed E-state index contributed by atoms with van der Waals surface area (Å²) < 4.78 is 25.1. The van der Waals surface area contributed by atoms with Gasteiger partial charge >= 0.3 is 0 Å². The molecule has 0 bridgehead atoms. The van der Waals surface area contributed by atoms with E-state index in [9.17, 15) is 9.00 Å². The molecule has 0 spiro atoms. The Kier molecular flexibility index (Phi) is 37.4. The topological polar surface area (TPSA) is 231 Å². The van der Waals surface area contributed by atoms with Gasteiger partial charge in [0.2, 0.25) is 11.9 Å². The monoisotopic (exact) mass is 1000 g/mol. The molecule has 2 aromatic carbocycles. The lowest BCUT2D eigenvalue weighted by Gasteiger charge is -2.36. The van der Waals surface area contributed by atoms with E-state index in [2.05, 4.69) is 113 Å². The van der Waals surface area contributed by atoms with Gasteiger partial charge in [0, 0.05) is 90.4 Å². The number of aryl methyl sites for hydroxylation is 4. The average Bonchev–Trinajstić information content (AvgIpc) is 4.17. The summed E-state index contributed by atoms with van der Waals surface area (Å²) in [4.78, 5) is 28.8. The number of piperazine rings is 2. The molecule has 2 aromatic heterocycles. The maximum absolute atomic E-state index is 11.6. The van der Waals surface area contributed by atoms with Crippen molar-refractivity contribution in [3.05, 3.63) is 71.6 Å². The largest absolute Gasteiger partial charge is 0.495 e. The molecule has 0 aliphatic carbocycles. The van der Waals surface area contributed by atoms with E-state index in [1.54, 1.807) is 27.4 Å². The molecule has 3 aliphatic heterocycles. The van der Waals surface area contributed by atoms with E-state index in [-0.39, 0.29) is 28.2 Å². The summed E-state index contributed by atoms with van der Waals surface area (Å²) in [6.45, 7) is 26.4. The number of likely N-dealkylation sites (N-methyl/N-ethyl adjacent to an activating group) is 1. The third kappa shape index (κ3) is 25.5. The highest BCUT2D eigenvalue weighted by Crippen LogP contribution is 2.29. The van der Waals surface area contributed by atoms with Gasteiger partial charge in [0.25, 0.3) is 0 Å². The number of hydrogen-bond donors (Lipinski definition) is 5. The number of nitrogens with zero attached hydrogens (tertiary/aromatic N) is 11. The summed E-state index contributed by atoms with van der Waals surface area (Å²) in [5, 5.41) is 27.2. The van der Waals surface area contributed by atoms with Gasteiger partial charge in [0.1, 0.15) is 23.1 Å². The molecule has 5 N–H and O–H groups in total. The van der Waals surface area contributed by atoms with Crippen LogP contribution in [0.15, 0.2) is 63.7 Å². The number of aromatic nitrogens is 6. The second-order valence-corrected chi connectivity index (χ2v) is 15.5. The maximum Gasteiger partial charge on any atom is 0.222 e. The van der Waals surface area contributed by atoms with Crippen molar-refractivity contribution < 1.29 is 22.8 Å². The Bertz CT molecular complexity index is 2050. The number of aliphatic imine (C=N–C) groups is 1. The van der Waals surface area contributed by atoms with Crippen LogP contribution >= 0.6 is 0 Å². The Labute approximate surface area is 422 Å². The minimum absolute atomic E-state index is 0. The molecule has 21 nitrogen and oxygen atoms in total. The standard InChI is InChI=1S/C14H20N2O2.C13H20N2O.C5H10N4.2C5H9N3.C3H8N2O2S.3CH4/c1-3-14(17)16-10-8-15(9-11-16)12-6-4-5-7-13(12)18-2;1-3-14-8-10-15(11-9-14)12-6-4-5-7-13(12)16-2;1-2-8-9-5-6-3-4-7-5;1-3-5-6-4(2)7-8-5;1-3-5-4(2)6-8-7-5;1-3-4-5-7-8(2)6;;;/h4-7H,3,8-11H2,1-2H3;4-7H,3,8-11H2,1-2H3;2H,3-4H2,1H3,(H2,6,7,9);2*3H2,1-2H3,(H,6,7,8);3,5H,1-2H3;3*1H4/b;;;;;4-3+;;;. The number of ether oxygens (including phenoxy) is 2. The lowest BCUT2D eigenvalue weighted by Crippen LogP contribution is -2.48. The van der Waals surface area contributed by atoms with E-state index in [4.69, 9.17) is 9.47 Å². The number of anilines is 2. The first-order chi connectivity index (χ1) is 32.5. The van der Waals surface area contributed by atoms with Crippen LogP contribution in [0.1, 0.15) is 93.3 Å². The van der Waals surface area contributed by atoms with Crippen LogP contribution in [-0.4, -0.2) is 161 Å². The number of carbonyl (C=O) groups is 1. The van der Waals surface area contributed by atoms with Crippen molar-refractivity contribution in [3.63, 3.8) is 0 Å². The highest BCUT2D eigenvalue weighted by Gasteiger charge is 2.22. The average molecular weight is 1000 g/mol. The second-order valence-electron chi connectivity index (χ2n) is 14.5. The summed E-state index contributed by atoms with van der Waals surface area (Å²) >= 11 is -1.29. The van der Waals surface area contributed by atoms with Crippen LogP contribution in [0, 0.1) is 13.8 Å². The third-order valence-electron chi connectivity index (χ3n) is 10.0. The zero-order valence-corrected chi connectivity index (χ0v) is 42.4. The van der Waals surface area contributed by atoms with Crippen LogP contribution < -0.4 is 35.6 Å². The molecule has 7 rings (SSSR count). The Morgan fingerprint density at radius 2 is 1.34 bits per heavy atom. The molecule has 1 atom stereocenters. The van der Waals surface area contributed by atoms with Gasteiger partial charge in [-0.3, -0.25) is 9.89 Å². The summed E-state index contributed by atoms with van der Waals surface area (Å²) in [6, 6.07) is 16.3. The number of hydrazone groups is 2. The van der Waals surface area contributed by atoms with Crippen molar-refractivity contribution in [2.75, 3.05) is 102 Å². The lowest BCUT2D eigenvalue weighted by atomic mass is 10.2. The summed E-state index contributed by atoms with van der Waals surface area (Å²) in [5.74, 6) is 4.67. The first-order valence-electron chi connectivity index (χ1n) is 22.7. The zero-order valence-electron chi connectivity index (χ0n) is 41.5. The molecule has 4 aromatic rings. The van der Waals surface area contributed by atoms with Crippen molar-refractivity contribution in [1.82, 2.24) is 56.7 Å². The predicted molar refractivity (Wildman–Crippen MR) is 291 cm³/mol. The van der Waals surface area contributed by atoms with E-state index in [0.29, 0.717) is 6.42 Å². The molecule has 5 heterocycles. The summed E-state index contributed by atoms with van der Waals surface area (Å²) in [6.07, 6.45) is 7.04. The number of rotatable bonds is 12. The Balaban J connectivity index is 0. The normalized spacial score (nSPS) is 14.2. The fraction of sp³-hybridized carbons (Fsp3) is 0.583.